The molecule has 4 atom stereocenters. The Labute approximate surface area is 234 Å². The summed E-state index contributed by atoms with van der Waals surface area (Å²) < 4.78 is 11.3. The van der Waals surface area contributed by atoms with Gasteiger partial charge in [-0.05, 0) is 61.1 Å². The fourth-order valence-electron chi connectivity index (χ4n) is 5.45. The van der Waals surface area contributed by atoms with Crippen molar-refractivity contribution in [3.63, 3.8) is 0 Å². The largest absolute Gasteiger partial charge is 0.493 e. The van der Waals surface area contributed by atoms with Crippen LogP contribution in [0.5, 0.6) is 11.5 Å². The molecule has 1 aliphatic heterocycles. The summed E-state index contributed by atoms with van der Waals surface area (Å²) in [5.74, 6) is 2.84. The normalized spacial score (nSPS) is 20.4. The second kappa shape index (κ2) is 12.0. The number of benzene rings is 3. The fourth-order valence-corrected chi connectivity index (χ4v) is 6.29. The summed E-state index contributed by atoms with van der Waals surface area (Å²) in [5, 5.41) is 8.02. The fraction of sp³-hybridized carbons (Fsp3) is 0.312. The molecule has 0 bridgehead atoms. The van der Waals surface area contributed by atoms with Gasteiger partial charge in [0.25, 0.3) is 5.91 Å². The van der Waals surface area contributed by atoms with Crippen LogP contribution in [0, 0.1) is 5.92 Å². The average Bonchev–Trinajstić information content (AvgIpc) is 3.48. The third-order valence-electron chi connectivity index (χ3n) is 7.59. The summed E-state index contributed by atoms with van der Waals surface area (Å²) in [6, 6.07) is 22.7. The van der Waals surface area contributed by atoms with Crippen LogP contribution in [-0.4, -0.2) is 31.1 Å². The van der Waals surface area contributed by atoms with E-state index in [-0.39, 0.29) is 23.1 Å². The molecule has 0 saturated heterocycles. The first-order valence-electron chi connectivity index (χ1n) is 13.3. The number of carbonyl (C=O) groups is 1. The predicted octanol–water partition coefficient (Wildman–Crippen LogP) is 6.69. The van der Waals surface area contributed by atoms with Gasteiger partial charge in [-0.25, -0.2) is 5.43 Å². The van der Waals surface area contributed by atoms with Crippen LogP contribution in [0.1, 0.15) is 54.5 Å². The molecule has 0 saturated carbocycles. The number of hydrogen-bond acceptors (Lipinski definition) is 6. The van der Waals surface area contributed by atoms with Crippen molar-refractivity contribution in [2.45, 2.75) is 43.2 Å². The Morgan fingerprint density at radius 3 is 2.67 bits per heavy atom. The van der Waals surface area contributed by atoms with Crippen molar-refractivity contribution < 1.29 is 14.3 Å². The second-order valence-corrected chi connectivity index (χ2v) is 11.3. The molecule has 0 radical (unpaired) electrons. The standard InChI is InChI=1S/C32H35N3O3S/c1-20(34-35-32(36)21(2)39-19-22-10-6-5-7-11-22)23-16-17-28-27(18-23)24-12-8-13-25(24)30(33-28)26-14-9-15-29(37-3)31(26)38-4/h5-12,14-18,21,24-25,30,33H,13,19H2,1-4H3,(H,35,36)/b34-20-/t21-,24+,25-,30+/m0/s1. The highest BCUT2D eigenvalue weighted by Crippen LogP contribution is 2.52. The molecule has 202 valence electrons. The summed E-state index contributed by atoms with van der Waals surface area (Å²) >= 11 is 1.60. The molecule has 5 rings (SSSR count). The Hall–Kier alpha value is -3.71. The van der Waals surface area contributed by atoms with Crippen molar-refractivity contribution in [2.75, 3.05) is 19.5 Å². The molecule has 1 aliphatic carbocycles. The minimum absolute atomic E-state index is 0.0937. The van der Waals surface area contributed by atoms with E-state index in [1.165, 1.54) is 11.1 Å². The van der Waals surface area contributed by atoms with Crippen LogP contribution in [0.4, 0.5) is 5.69 Å². The Bertz CT molecular complexity index is 1390. The van der Waals surface area contributed by atoms with E-state index in [0.717, 1.165) is 46.2 Å². The Kier molecular flexibility index (Phi) is 8.27. The number of ether oxygens (including phenoxy) is 2. The van der Waals surface area contributed by atoms with E-state index in [1.807, 2.05) is 44.2 Å². The van der Waals surface area contributed by atoms with Crippen LogP contribution in [0.15, 0.2) is 84.0 Å². The van der Waals surface area contributed by atoms with Crippen LogP contribution >= 0.6 is 11.8 Å². The molecule has 1 heterocycles. The van der Waals surface area contributed by atoms with Crippen molar-refractivity contribution in [3.8, 4) is 11.5 Å². The van der Waals surface area contributed by atoms with Gasteiger partial charge in [0, 0.05) is 22.9 Å². The lowest BCUT2D eigenvalue weighted by molar-refractivity contribution is -0.120. The molecule has 0 fully saturated rings. The zero-order valence-corrected chi connectivity index (χ0v) is 23.6. The maximum absolute atomic E-state index is 12.7. The van der Waals surface area contributed by atoms with E-state index in [4.69, 9.17) is 9.47 Å². The summed E-state index contributed by atoms with van der Waals surface area (Å²) in [6.45, 7) is 3.85. The second-order valence-electron chi connectivity index (χ2n) is 9.97. The highest BCUT2D eigenvalue weighted by atomic mass is 32.2. The number of allylic oxidation sites excluding steroid dienone is 2. The molecule has 0 unspecified atom stereocenters. The van der Waals surface area contributed by atoms with Crippen molar-refractivity contribution in [3.05, 3.63) is 101 Å². The lowest BCUT2D eigenvalue weighted by atomic mass is 9.76. The number of para-hydroxylation sites is 1. The van der Waals surface area contributed by atoms with Crippen LogP contribution in [-0.2, 0) is 10.5 Å². The first-order valence-corrected chi connectivity index (χ1v) is 14.3. The topological polar surface area (TPSA) is 72.0 Å². The summed E-state index contributed by atoms with van der Waals surface area (Å²) in [4.78, 5) is 12.7. The third kappa shape index (κ3) is 5.69. The van der Waals surface area contributed by atoms with Gasteiger partial charge in [0.2, 0.25) is 0 Å². The molecule has 3 aromatic rings. The number of fused-ring (bicyclic) bond motifs is 3. The van der Waals surface area contributed by atoms with E-state index in [2.05, 4.69) is 64.4 Å². The number of thioether (sulfide) groups is 1. The van der Waals surface area contributed by atoms with Crippen LogP contribution in [0.25, 0.3) is 0 Å². The number of nitrogens with one attached hydrogen (secondary N) is 2. The van der Waals surface area contributed by atoms with Gasteiger partial charge in [-0.15, -0.1) is 11.8 Å². The first kappa shape index (κ1) is 26.9. The number of amides is 1. The van der Waals surface area contributed by atoms with Crippen molar-refractivity contribution in [1.29, 1.82) is 0 Å². The molecule has 1 amide bonds. The van der Waals surface area contributed by atoms with Gasteiger partial charge in [0.05, 0.1) is 31.2 Å². The Morgan fingerprint density at radius 1 is 1.08 bits per heavy atom. The highest BCUT2D eigenvalue weighted by Gasteiger charge is 2.39. The molecule has 0 aromatic heterocycles. The smallest absolute Gasteiger partial charge is 0.252 e. The maximum atomic E-state index is 12.7. The minimum atomic E-state index is -0.204. The number of rotatable bonds is 9. The van der Waals surface area contributed by atoms with E-state index < -0.39 is 0 Å². The summed E-state index contributed by atoms with van der Waals surface area (Å²) in [5.41, 5.74) is 9.20. The van der Waals surface area contributed by atoms with E-state index in [0.29, 0.717) is 5.92 Å². The van der Waals surface area contributed by atoms with E-state index in [1.54, 1.807) is 26.0 Å². The van der Waals surface area contributed by atoms with Gasteiger partial charge in [-0.2, -0.15) is 5.10 Å². The number of nitrogens with zero attached hydrogens (tertiary/aromatic N) is 1. The number of anilines is 1. The molecule has 7 heteroatoms. The summed E-state index contributed by atoms with van der Waals surface area (Å²) in [6.07, 6.45) is 5.57. The van der Waals surface area contributed by atoms with Gasteiger partial charge in [0.1, 0.15) is 0 Å². The minimum Gasteiger partial charge on any atom is -0.493 e. The van der Waals surface area contributed by atoms with Gasteiger partial charge >= 0.3 is 0 Å². The zero-order valence-electron chi connectivity index (χ0n) is 22.8. The summed E-state index contributed by atoms with van der Waals surface area (Å²) in [7, 11) is 3.36. The molecule has 2 N–H and O–H groups in total. The lowest BCUT2D eigenvalue weighted by Crippen LogP contribution is -2.30. The molecule has 6 nitrogen and oxygen atoms in total. The van der Waals surface area contributed by atoms with Crippen LogP contribution in [0.2, 0.25) is 0 Å². The lowest BCUT2D eigenvalue weighted by Gasteiger charge is -2.38. The molecule has 0 spiro atoms. The number of hydrazone groups is 1. The van der Waals surface area contributed by atoms with Gasteiger partial charge in [-0.1, -0.05) is 60.7 Å². The van der Waals surface area contributed by atoms with Crippen molar-refractivity contribution in [2.24, 2.45) is 11.0 Å². The Balaban J connectivity index is 1.31. The van der Waals surface area contributed by atoms with Crippen molar-refractivity contribution >= 4 is 29.1 Å². The quantitative estimate of drug-likeness (QED) is 0.179. The maximum Gasteiger partial charge on any atom is 0.252 e. The number of methoxy groups -OCH3 is 2. The average molecular weight is 542 g/mol. The van der Waals surface area contributed by atoms with Gasteiger partial charge in [0.15, 0.2) is 11.5 Å². The monoisotopic (exact) mass is 541 g/mol. The first-order chi connectivity index (χ1) is 19.0. The van der Waals surface area contributed by atoms with Crippen molar-refractivity contribution in [1.82, 2.24) is 5.43 Å². The predicted molar refractivity (Wildman–Crippen MR) is 160 cm³/mol. The van der Waals surface area contributed by atoms with E-state index >= 15 is 0 Å². The molecule has 3 aromatic carbocycles. The zero-order chi connectivity index (χ0) is 27.4. The van der Waals surface area contributed by atoms with Gasteiger partial charge in [-0.3, -0.25) is 4.79 Å². The van der Waals surface area contributed by atoms with Crippen LogP contribution < -0.4 is 20.2 Å². The third-order valence-corrected chi connectivity index (χ3v) is 8.81. The SMILES string of the molecule is COc1cccc([C@@H]2Nc3ccc(/C(C)=N\NC(=O)[C@H](C)SCc4ccccc4)cc3[C@@H]3C=CC[C@@H]32)c1OC. The molecular weight excluding hydrogens is 506 g/mol. The van der Waals surface area contributed by atoms with E-state index in [9.17, 15) is 4.79 Å². The highest BCUT2D eigenvalue weighted by molar-refractivity contribution is 7.99. The van der Waals surface area contributed by atoms with Crippen LogP contribution in [0.3, 0.4) is 0 Å². The molecule has 39 heavy (non-hydrogen) atoms. The Morgan fingerprint density at radius 2 is 1.90 bits per heavy atom. The van der Waals surface area contributed by atoms with Gasteiger partial charge < -0.3 is 14.8 Å². The molecule has 2 aliphatic rings. The molecular formula is C32H35N3O3S. The number of carbonyl (C=O) groups excluding carboxylic acids is 1. The number of hydrogen-bond donors (Lipinski definition) is 2.